The molecule has 3 aromatic rings. The van der Waals surface area contributed by atoms with Gasteiger partial charge in [0.15, 0.2) is 0 Å². The number of nitrogens with one attached hydrogen (secondary N) is 1. The number of hydrogen-bond acceptors (Lipinski definition) is 1. The molecule has 86 valence electrons. The van der Waals surface area contributed by atoms with Crippen LogP contribution in [0.1, 0.15) is 5.56 Å². The third kappa shape index (κ3) is 1.13. The summed E-state index contributed by atoms with van der Waals surface area (Å²) in [5, 5.41) is 0.744. The summed E-state index contributed by atoms with van der Waals surface area (Å²) in [5.74, 6) is 0.911. The first kappa shape index (κ1) is 9.59. The van der Waals surface area contributed by atoms with E-state index in [4.69, 9.17) is 0 Å². The van der Waals surface area contributed by atoms with Crippen molar-refractivity contribution in [2.75, 3.05) is 0 Å². The number of para-hydroxylation sites is 1. The maximum absolute atomic E-state index is 12.4. The van der Waals surface area contributed by atoms with Gasteiger partial charge in [-0.3, -0.25) is 0 Å². The molecule has 3 heteroatoms. The van der Waals surface area contributed by atoms with Gasteiger partial charge in [0.2, 0.25) is 0 Å². The minimum absolute atomic E-state index is 0.0792. The number of fused-ring (bicyclic) bond motifs is 4. The van der Waals surface area contributed by atoms with E-state index in [0.29, 0.717) is 6.54 Å². The standard InChI is InChI=1S/C15H10N2O/c18-15-12-7-3-4-8-13(12)16-14-11-6-2-1-5-10(11)9-17(14)15/h1-8H,9H2/p+1. The molecule has 0 aliphatic carbocycles. The fourth-order valence-electron chi connectivity index (χ4n) is 2.64. The third-order valence-electron chi connectivity index (χ3n) is 3.53. The van der Waals surface area contributed by atoms with Crippen LogP contribution >= 0.6 is 0 Å². The van der Waals surface area contributed by atoms with Gasteiger partial charge in [-0.2, -0.15) is 4.57 Å². The molecule has 1 aliphatic heterocycles. The molecule has 0 saturated carbocycles. The highest BCUT2D eigenvalue weighted by molar-refractivity contribution is 5.76. The summed E-state index contributed by atoms with van der Waals surface area (Å²) in [7, 11) is 0. The molecule has 18 heavy (non-hydrogen) atoms. The quantitative estimate of drug-likeness (QED) is 0.458. The van der Waals surface area contributed by atoms with E-state index in [9.17, 15) is 4.79 Å². The van der Waals surface area contributed by atoms with Crippen molar-refractivity contribution >= 4 is 10.9 Å². The van der Waals surface area contributed by atoms with Gasteiger partial charge in [-0.1, -0.05) is 30.3 Å². The predicted molar refractivity (Wildman–Crippen MR) is 69.3 cm³/mol. The Morgan fingerprint density at radius 3 is 2.72 bits per heavy atom. The average Bonchev–Trinajstić information content (AvgIpc) is 2.79. The van der Waals surface area contributed by atoms with Crippen molar-refractivity contribution in [2.24, 2.45) is 0 Å². The Balaban J connectivity index is 2.16. The summed E-state index contributed by atoms with van der Waals surface area (Å²) in [6.07, 6.45) is 0. The van der Waals surface area contributed by atoms with Crippen LogP contribution < -0.4 is 10.5 Å². The van der Waals surface area contributed by atoms with Crippen LogP contribution in [0, 0.1) is 0 Å². The van der Waals surface area contributed by atoms with Gasteiger partial charge in [-0.25, -0.2) is 9.78 Å². The van der Waals surface area contributed by atoms with Crippen molar-refractivity contribution < 1.29 is 4.98 Å². The van der Waals surface area contributed by atoms with Gasteiger partial charge >= 0.3 is 5.56 Å². The summed E-state index contributed by atoms with van der Waals surface area (Å²) in [4.78, 5) is 15.8. The Morgan fingerprint density at radius 2 is 1.78 bits per heavy atom. The van der Waals surface area contributed by atoms with Crippen LogP contribution in [0.2, 0.25) is 0 Å². The van der Waals surface area contributed by atoms with E-state index in [1.54, 1.807) is 0 Å². The van der Waals surface area contributed by atoms with Crippen molar-refractivity contribution in [3.63, 3.8) is 0 Å². The molecule has 0 fully saturated rings. The number of aromatic nitrogens is 2. The first-order valence-corrected chi connectivity index (χ1v) is 5.98. The van der Waals surface area contributed by atoms with E-state index in [1.165, 1.54) is 5.56 Å². The Hall–Kier alpha value is -2.42. The third-order valence-corrected chi connectivity index (χ3v) is 3.53. The van der Waals surface area contributed by atoms with Gasteiger partial charge in [-0.05, 0) is 18.2 Å². The summed E-state index contributed by atoms with van der Waals surface area (Å²) >= 11 is 0. The summed E-state index contributed by atoms with van der Waals surface area (Å²) in [6.45, 7) is 0.658. The zero-order chi connectivity index (χ0) is 12.1. The highest BCUT2D eigenvalue weighted by Gasteiger charge is 2.28. The molecule has 0 bridgehead atoms. The van der Waals surface area contributed by atoms with Crippen LogP contribution in [0.25, 0.3) is 22.3 Å². The lowest BCUT2D eigenvalue weighted by molar-refractivity contribution is -0.337. The molecule has 2 aromatic carbocycles. The molecule has 2 heterocycles. The maximum Gasteiger partial charge on any atom is 0.345 e. The predicted octanol–water partition coefficient (Wildman–Crippen LogP) is 1.84. The molecule has 0 atom stereocenters. The van der Waals surface area contributed by atoms with Crippen molar-refractivity contribution in [3.05, 3.63) is 64.4 Å². The molecule has 1 aromatic heterocycles. The van der Waals surface area contributed by atoms with Crippen LogP contribution in [0.5, 0.6) is 0 Å². The zero-order valence-electron chi connectivity index (χ0n) is 9.68. The molecule has 0 radical (unpaired) electrons. The van der Waals surface area contributed by atoms with E-state index in [1.807, 2.05) is 41.0 Å². The van der Waals surface area contributed by atoms with Crippen molar-refractivity contribution in [1.82, 2.24) is 4.57 Å². The molecular formula is C15H11N2O+. The molecule has 0 amide bonds. The Morgan fingerprint density at radius 1 is 1.00 bits per heavy atom. The molecule has 0 unspecified atom stereocenters. The van der Waals surface area contributed by atoms with Crippen LogP contribution in [-0.4, -0.2) is 4.57 Å². The van der Waals surface area contributed by atoms with Crippen molar-refractivity contribution in [1.29, 1.82) is 0 Å². The smallest absolute Gasteiger partial charge is 0.241 e. The molecule has 1 N–H and O–H groups in total. The minimum atomic E-state index is 0.0792. The lowest BCUT2D eigenvalue weighted by atomic mass is 10.1. The zero-order valence-corrected chi connectivity index (χ0v) is 9.68. The van der Waals surface area contributed by atoms with E-state index in [-0.39, 0.29) is 5.56 Å². The lowest BCUT2D eigenvalue weighted by Gasteiger charge is -1.97. The van der Waals surface area contributed by atoms with Crippen LogP contribution in [0.4, 0.5) is 0 Å². The van der Waals surface area contributed by atoms with Gasteiger partial charge in [0, 0.05) is 5.56 Å². The minimum Gasteiger partial charge on any atom is -0.241 e. The molecule has 1 aliphatic rings. The van der Waals surface area contributed by atoms with E-state index in [0.717, 1.165) is 22.3 Å². The van der Waals surface area contributed by atoms with Gasteiger partial charge < -0.3 is 0 Å². The van der Waals surface area contributed by atoms with Crippen LogP contribution in [0.3, 0.4) is 0 Å². The first-order chi connectivity index (χ1) is 8.84. The second-order valence-electron chi connectivity index (χ2n) is 4.57. The number of hydrogen-bond donors (Lipinski definition) is 0. The fraction of sp³-hybridized carbons (Fsp3) is 0.0667. The number of rotatable bonds is 0. The Kier molecular flexibility index (Phi) is 1.75. The number of aromatic amines is 1. The monoisotopic (exact) mass is 235 g/mol. The summed E-state index contributed by atoms with van der Waals surface area (Å²) in [5.41, 5.74) is 3.29. The Bertz CT molecular complexity index is 833. The van der Waals surface area contributed by atoms with Crippen molar-refractivity contribution in [2.45, 2.75) is 6.54 Å². The van der Waals surface area contributed by atoms with Crippen molar-refractivity contribution in [3.8, 4) is 11.4 Å². The van der Waals surface area contributed by atoms with E-state index >= 15 is 0 Å². The molecule has 0 spiro atoms. The normalized spacial score (nSPS) is 12.4. The number of H-pyrrole nitrogens is 1. The Labute approximate surface area is 103 Å². The van der Waals surface area contributed by atoms with Crippen LogP contribution in [-0.2, 0) is 6.54 Å². The molecular weight excluding hydrogens is 224 g/mol. The van der Waals surface area contributed by atoms with Gasteiger partial charge in [-0.15, -0.1) is 0 Å². The number of nitrogens with zero attached hydrogens (tertiary/aromatic N) is 1. The summed E-state index contributed by atoms with van der Waals surface area (Å²) < 4.78 is 1.81. The maximum atomic E-state index is 12.4. The second-order valence-corrected chi connectivity index (χ2v) is 4.57. The van der Waals surface area contributed by atoms with E-state index in [2.05, 4.69) is 17.1 Å². The molecule has 3 nitrogen and oxygen atoms in total. The van der Waals surface area contributed by atoms with Gasteiger partial charge in [0.25, 0.3) is 5.82 Å². The second kappa shape index (κ2) is 3.29. The molecule has 4 rings (SSSR count). The highest BCUT2D eigenvalue weighted by atomic mass is 16.1. The number of benzene rings is 2. The van der Waals surface area contributed by atoms with Gasteiger partial charge in [0.05, 0.1) is 5.56 Å². The van der Waals surface area contributed by atoms with Gasteiger partial charge in [0.1, 0.15) is 17.4 Å². The molecule has 0 saturated heterocycles. The SMILES string of the molecule is O=c1c2ccccc2[nH+]c2n1Cc1ccccc1-2. The lowest BCUT2D eigenvalue weighted by Crippen LogP contribution is -2.27. The first-order valence-electron chi connectivity index (χ1n) is 5.98. The van der Waals surface area contributed by atoms with Crippen LogP contribution in [0.15, 0.2) is 53.3 Å². The highest BCUT2D eigenvalue weighted by Crippen LogP contribution is 2.27. The fourth-order valence-corrected chi connectivity index (χ4v) is 2.64. The average molecular weight is 235 g/mol. The topological polar surface area (TPSA) is 36.1 Å². The summed E-state index contributed by atoms with van der Waals surface area (Å²) in [6, 6.07) is 15.8. The largest absolute Gasteiger partial charge is 0.345 e. The van der Waals surface area contributed by atoms with E-state index < -0.39 is 0 Å².